The maximum absolute atomic E-state index is 12.8. The van der Waals surface area contributed by atoms with E-state index in [2.05, 4.69) is 23.5 Å². The highest BCUT2D eigenvalue weighted by atomic mass is 16.5. The zero-order valence-electron chi connectivity index (χ0n) is 20.7. The summed E-state index contributed by atoms with van der Waals surface area (Å²) in [4.78, 5) is 12.8. The molecule has 0 saturated carbocycles. The quantitative estimate of drug-likeness (QED) is 0.199. The molecule has 38 heavy (non-hydrogen) atoms. The second kappa shape index (κ2) is 11.1. The van der Waals surface area contributed by atoms with Crippen LogP contribution in [0.25, 0.3) is 34.3 Å². The molecule has 0 aliphatic carbocycles. The highest BCUT2D eigenvalue weighted by molar-refractivity contribution is 6.10. The van der Waals surface area contributed by atoms with Crippen LogP contribution in [-0.2, 0) is 4.79 Å². The number of rotatable bonds is 7. The number of carbonyl (C=O) groups is 1. The van der Waals surface area contributed by atoms with E-state index in [1.807, 2.05) is 89.6 Å². The van der Waals surface area contributed by atoms with Gasteiger partial charge in [-0.2, -0.15) is 10.4 Å². The summed E-state index contributed by atoms with van der Waals surface area (Å²) in [7, 11) is 1.53. The molecule has 5 aromatic rings. The van der Waals surface area contributed by atoms with Crippen molar-refractivity contribution < 1.29 is 9.53 Å². The Kier molecular flexibility index (Phi) is 7.10. The molecule has 6 heteroatoms. The van der Waals surface area contributed by atoms with Crippen molar-refractivity contribution in [3.05, 3.63) is 126 Å². The minimum Gasteiger partial charge on any atom is -0.495 e. The van der Waals surface area contributed by atoms with Crippen LogP contribution in [0, 0.1) is 11.3 Å². The van der Waals surface area contributed by atoms with Gasteiger partial charge in [0.05, 0.1) is 29.9 Å². The highest BCUT2D eigenvalue weighted by Crippen LogP contribution is 2.29. The van der Waals surface area contributed by atoms with E-state index in [1.54, 1.807) is 24.3 Å². The number of nitrogens with one attached hydrogen (secondary N) is 1. The number of anilines is 1. The number of ether oxygens (including phenoxy) is 1. The van der Waals surface area contributed by atoms with Gasteiger partial charge in [0.25, 0.3) is 5.91 Å². The molecule has 0 atom stereocenters. The fourth-order valence-corrected chi connectivity index (χ4v) is 4.11. The fraction of sp³-hybridized carbons (Fsp3) is 0.0312. The van der Waals surface area contributed by atoms with Crippen molar-refractivity contribution in [2.24, 2.45) is 0 Å². The van der Waals surface area contributed by atoms with Crippen molar-refractivity contribution in [2.75, 3.05) is 12.4 Å². The van der Waals surface area contributed by atoms with Crippen LogP contribution in [0.2, 0.25) is 0 Å². The summed E-state index contributed by atoms with van der Waals surface area (Å²) in [6.45, 7) is 0. The summed E-state index contributed by atoms with van der Waals surface area (Å²) in [6.07, 6.45) is 1.56. The first-order valence-corrected chi connectivity index (χ1v) is 12.0. The maximum atomic E-state index is 12.8. The second-order valence-electron chi connectivity index (χ2n) is 8.47. The summed E-state index contributed by atoms with van der Waals surface area (Å²) in [5.74, 6) is 0.0119. The number of hydrogen-bond donors (Lipinski definition) is 1. The van der Waals surface area contributed by atoms with Gasteiger partial charge < -0.3 is 10.1 Å². The molecule has 0 aliphatic heterocycles. The zero-order valence-corrected chi connectivity index (χ0v) is 20.7. The van der Waals surface area contributed by atoms with Gasteiger partial charge in [-0.15, -0.1) is 0 Å². The van der Waals surface area contributed by atoms with E-state index in [4.69, 9.17) is 9.84 Å². The predicted molar refractivity (Wildman–Crippen MR) is 150 cm³/mol. The van der Waals surface area contributed by atoms with Crippen molar-refractivity contribution >= 4 is 17.7 Å². The Bertz CT molecular complexity index is 1630. The van der Waals surface area contributed by atoms with E-state index in [0.29, 0.717) is 11.4 Å². The number of nitriles is 1. The lowest BCUT2D eigenvalue weighted by Gasteiger charge is -2.09. The molecule has 6 nitrogen and oxygen atoms in total. The van der Waals surface area contributed by atoms with Crippen molar-refractivity contribution in [1.82, 2.24) is 9.78 Å². The highest BCUT2D eigenvalue weighted by Gasteiger charge is 2.14. The molecular formula is C32H24N4O2. The van der Waals surface area contributed by atoms with Crippen LogP contribution < -0.4 is 10.1 Å². The summed E-state index contributed by atoms with van der Waals surface area (Å²) in [5, 5.41) is 17.3. The van der Waals surface area contributed by atoms with E-state index in [0.717, 1.165) is 33.8 Å². The van der Waals surface area contributed by atoms with Crippen molar-refractivity contribution in [2.45, 2.75) is 0 Å². The van der Waals surface area contributed by atoms with E-state index in [9.17, 15) is 10.1 Å². The Hall–Kier alpha value is -5.41. The third kappa shape index (κ3) is 5.23. The molecule has 0 bridgehead atoms. The number of methoxy groups -OCH3 is 1. The van der Waals surface area contributed by atoms with Gasteiger partial charge in [-0.25, -0.2) is 4.68 Å². The lowest BCUT2D eigenvalue weighted by atomic mass is 10.1. The third-order valence-corrected chi connectivity index (χ3v) is 6.02. The number of aromatic nitrogens is 2. The van der Waals surface area contributed by atoms with Gasteiger partial charge >= 0.3 is 0 Å². The molecule has 0 unspecified atom stereocenters. The van der Waals surface area contributed by atoms with Gasteiger partial charge in [0.15, 0.2) is 0 Å². The molecule has 0 saturated heterocycles. The van der Waals surface area contributed by atoms with Gasteiger partial charge in [-0.1, -0.05) is 84.9 Å². The van der Waals surface area contributed by atoms with Crippen molar-refractivity contribution in [1.29, 1.82) is 5.26 Å². The van der Waals surface area contributed by atoms with Gasteiger partial charge in [0.2, 0.25) is 0 Å². The normalized spacial score (nSPS) is 11.0. The lowest BCUT2D eigenvalue weighted by molar-refractivity contribution is -0.112. The number of para-hydroxylation sites is 2. The van der Waals surface area contributed by atoms with Crippen molar-refractivity contribution in [3.63, 3.8) is 0 Å². The topological polar surface area (TPSA) is 79.9 Å². The van der Waals surface area contributed by atoms with Crippen LogP contribution in [0.4, 0.5) is 5.69 Å². The van der Waals surface area contributed by atoms with Crippen LogP contribution in [0.3, 0.4) is 0 Å². The minimum absolute atomic E-state index is 0.0147. The molecule has 0 spiro atoms. The fourth-order valence-electron chi connectivity index (χ4n) is 4.11. The minimum atomic E-state index is -0.507. The molecule has 184 valence electrons. The number of amides is 1. The summed E-state index contributed by atoms with van der Waals surface area (Å²) in [5.41, 5.74) is 5.97. The molecule has 1 amide bonds. The third-order valence-electron chi connectivity index (χ3n) is 6.02. The Morgan fingerprint density at radius 2 is 1.50 bits per heavy atom. The molecule has 1 heterocycles. The number of benzene rings is 4. The number of nitrogens with zero attached hydrogens (tertiary/aromatic N) is 3. The Morgan fingerprint density at radius 1 is 0.868 bits per heavy atom. The SMILES string of the molecule is COc1ccccc1NC(=O)C(C#N)=Cc1ccc(-n2nc(-c3ccccc3)cc2-c2ccccc2)cc1. The Balaban J connectivity index is 1.45. The average molecular weight is 497 g/mol. The molecule has 1 aromatic heterocycles. The van der Waals surface area contributed by atoms with Crippen LogP contribution in [-0.4, -0.2) is 22.8 Å². The van der Waals surface area contributed by atoms with Crippen LogP contribution in [0.15, 0.2) is 121 Å². The first-order valence-electron chi connectivity index (χ1n) is 12.0. The number of carbonyl (C=O) groups excluding carboxylic acids is 1. The molecular weight excluding hydrogens is 472 g/mol. The van der Waals surface area contributed by atoms with E-state index in [1.165, 1.54) is 7.11 Å². The molecule has 0 radical (unpaired) electrons. The first kappa shape index (κ1) is 24.3. The van der Waals surface area contributed by atoms with Crippen LogP contribution in [0.1, 0.15) is 5.56 Å². The van der Waals surface area contributed by atoms with E-state index in [-0.39, 0.29) is 5.57 Å². The van der Waals surface area contributed by atoms with Crippen LogP contribution in [0.5, 0.6) is 5.75 Å². The van der Waals surface area contributed by atoms with Crippen molar-refractivity contribution in [3.8, 4) is 40.0 Å². The van der Waals surface area contributed by atoms with Gasteiger partial charge in [0, 0.05) is 11.1 Å². The first-order chi connectivity index (χ1) is 18.7. The van der Waals surface area contributed by atoms with Crippen LogP contribution >= 0.6 is 0 Å². The molecule has 0 aliphatic rings. The van der Waals surface area contributed by atoms with Gasteiger partial charge in [-0.3, -0.25) is 4.79 Å². The smallest absolute Gasteiger partial charge is 0.266 e. The Morgan fingerprint density at radius 3 is 2.16 bits per heavy atom. The molecule has 5 rings (SSSR count). The van der Waals surface area contributed by atoms with Gasteiger partial charge in [0.1, 0.15) is 17.4 Å². The number of hydrogen-bond acceptors (Lipinski definition) is 4. The summed E-state index contributed by atoms with van der Waals surface area (Å²) >= 11 is 0. The largest absolute Gasteiger partial charge is 0.495 e. The average Bonchev–Trinajstić information content (AvgIpc) is 3.43. The Labute approximate surface area is 221 Å². The molecule has 4 aromatic carbocycles. The maximum Gasteiger partial charge on any atom is 0.266 e. The lowest BCUT2D eigenvalue weighted by Crippen LogP contribution is -2.14. The van der Waals surface area contributed by atoms with E-state index < -0.39 is 5.91 Å². The summed E-state index contributed by atoms with van der Waals surface area (Å²) in [6, 6.07) is 38.9. The molecule has 1 N–H and O–H groups in total. The van der Waals surface area contributed by atoms with E-state index >= 15 is 0 Å². The monoisotopic (exact) mass is 496 g/mol. The zero-order chi connectivity index (χ0) is 26.3. The summed E-state index contributed by atoms with van der Waals surface area (Å²) < 4.78 is 7.19. The standard InChI is InChI=1S/C32H24N4O2/c1-38-31-15-9-8-14-28(31)34-32(37)26(22-33)20-23-16-18-27(19-17-23)36-30(25-12-6-3-7-13-25)21-29(35-36)24-10-4-2-5-11-24/h2-21H,1H3,(H,34,37). The molecule has 0 fully saturated rings. The van der Waals surface area contributed by atoms with Gasteiger partial charge in [-0.05, 0) is 42.0 Å². The second-order valence-corrected chi connectivity index (χ2v) is 8.47. The predicted octanol–water partition coefficient (Wildman–Crippen LogP) is 6.76.